The first-order chi connectivity index (χ1) is 5.72. The molecule has 0 bridgehead atoms. The number of aliphatic hydroxyl groups is 1. The lowest BCUT2D eigenvalue weighted by Crippen LogP contribution is -2.37. The second-order valence-corrected chi connectivity index (χ2v) is 3.35. The quantitative estimate of drug-likeness (QED) is 0.578. The molecule has 1 fully saturated rings. The maximum absolute atomic E-state index is 10.3. The largest absolute Gasteiger partial charge is 0.465 e. The van der Waals surface area contributed by atoms with E-state index in [0.29, 0.717) is 5.92 Å². The van der Waals surface area contributed by atoms with Crippen molar-refractivity contribution in [2.45, 2.75) is 31.7 Å². The minimum atomic E-state index is -0.942. The molecule has 0 radical (unpaired) electrons. The van der Waals surface area contributed by atoms with E-state index in [0.717, 1.165) is 25.7 Å². The number of amides is 1. The minimum absolute atomic E-state index is 0.102. The monoisotopic (exact) mass is 173 g/mol. The number of aliphatic hydroxyl groups excluding tert-OH is 1. The molecule has 0 aromatic heterocycles. The smallest absolute Gasteiger partial charge is 0.404 e. The van der Waals surface area contributed by atoms with E-state index in [4.69, 9.17) is 10.2 Å². The van der Waals surface area contributed by atoms with Crippen molar-refractivity contribution in [1.29, 1.82) is 0 Å². The zero-order chi connectivity index (χ0) is 8.97. The first kappa shape index (κ1) is 9.32. The van der Waals surface area contributed by atoms with E-state index in [1.54, 1.807) is 0 Å². The lowest BCUT2D eigenvalue weighted by atomic mass is 9.87. The summed E-state index contributed by atoms with van der Waals surface area (Å²) in [5.74, 6) is 0.386. The molecule has 1 saturated carbocycles. The highest BCUT2D eigenvalue weighted by atomic mass is 16.4. The van der Waals surface area contributed by atoms with Crippen LogP contribution in [0.3, 0.4) is 0 Å². The Hall–Kier alpha value is -0.770. The highest BCUT2D eigenvalue weighted by Crippen LogP contribution is 2.23. The third-order valence-electron chi connectivity index (χ3n) is 2.43. The number of nitrogens with one attached hydrogen (secondary N) is 1. The zero-order valence-electron chi connectivity index (χ0n) is 6.99. The molecule has 1 aliphatic rings. The molecule has 0 aliphatic heterocycles. The summed E-state index contributed by atoms with van der Waals surface area (Å²) in [4.78, 5) is 10.3. The first-order valence-electron chi connectivity index (χ1n) is 4.32. The van der Waals surface area contributed by atoms with E-state index in [1.807, 2.05) is 0 Å². The fraction of sp³-hybridized carbons (Fsp3) is 0.875. The van der Waals surface area contributed by atoms with E-state index >= 15 is 0 Å². The van der Waals surface area contributed by atoms with Crippen molar-refractivity contribution >= 4 is 6.09 Å². The summed E-state index contributed by atoms with van der Waals surface area (Å²) in [5, 5.41) is 19.7. The van der Waals surface area contributed by atoms with Gasteiger partial charge in [-0.3, -0.25) is 0 Å². The summed E-state index contributed by atoms with van der Waals surface area (Å²) < 4.78 is 0. The molecule has 0 heterocycles. The lowest BCUT2D eigenvalue weighted by Gasteiger charge is -2.26. The van der Waals surface area contributed by atoms with Gasteiger partial charge in [0.15, 0.2) is 0 Å². The standard InChI is InChI=1S/C8H15NO3/c10-5-6-1-3-7(4-2-6)9-8(11)12/h6-7,9-10H,1-5H2,(H,11,12)/t6-,7-. The van der Waals surface area contributed by atoms with Crippen LogP contribution in [0.25, 0.3) is 0 Å². The van der Waals surface area contributed by atoms with Gasteiger partial charge in [0.25, 0.3) is 0 Å². The van der Waals surface area contributed by atoms with Crippen LogP contribution in [0.4, 0.5) is 4.79 Å². The van der Waals surface area contributed by atoms with Crippen molar-refractivity contribution in [2.24, 2.45) is 5.92 Å². The van der Waals surface area contributed by atoms with Crippen LogP contribution in [0.15, 0.2) is 0 Å². The first-order valence-corrected chi connectivity index (χ1v) is 4.32. The van der Waals surface area contributed by atoms with Gasteiger partial charge < -0.3 is 15.5 Å². The average molecular weight is 173 g/mol. The average Bonchev–Trinajstić information content (AvgIpc) is 2.05. The Labute approximate surface area is 71.6 Å². The van der Waals surface area contributed by atoms with Gasteiger partial charge in [0.05, 0.1) is 0 Å². The van der Waals surface area contributed by atoms with Gasteiger partial charge in [0.1, 0.15) is 0 Å². The van der Waals surface area contributed by atoms with Crippen molar-refractivity contribution in [2.75, 3.05) is 6.61 Å². The summed E-state index contributed by atoms with van der Waals surface area (Å²) in [6.07, 6.45) is 2.64. The van der Waals surface area contributed by atoms with Crippen LogP contribution < -0.4 is 5.32 Å². The van der Waals surface area contributed by atoms with Gasteiger partial charge in [0.2, 0.25) is 0 Å². The Morgan fingerprint density at radius 1 is 1.33 bits per heavy atom. The van der Waals surface area contributed by atoms with E-state index in [9.17, 15) is 4.79 Å². The highest BCUT2D eigenvalue weighted by Gasteiger charge is 2.21. The molecule has 0 atom stereocenters. The van der Waals surface area contributed by atoms with E-state index in [1.165, 1.54) is 0 Å². The van der Waals surface area contributed by atoms with Gasteiger partial charge in [0, 0.05) is 12.6 Å². The van der Waals surface area contributed by atoms with Gasteiger partial charge >= 0.3 is 6.09 Å². The Morgan fingerprint density at radius 2 is 1.92 bits per heavy atom. The summed E-state index contributed by atoms with van der Waals surface area (Å²) >= 11 is 0. The molecule has 1 amide bonds. The van der Waals surface area contributed by atoms with Crippen molar-refractivity contribution in [1.82, 2.24) is 5.32 Å². The molecule has 0 aromatic carbocycles. The molecule has 4 heteroatoms. The normalized spacial score (nSPS) is 29.8. The molecule has 4 nitrogen and oxygen atoms in total. The van der Waals surface area contributed by atoms with E-state index in [-0.39, 0.29) is 12.6 Å². The van der Waals surface area contributed by atoms with Crippen LogP contribution in [0.5, 0.6) is 0 Å². The second kappa shape index (κ2) is 4.30. The molecular weight excluding hydrogens is 158 g/mol. The van der Waals surface area contributed by atoms with E-state index in [2.05, 4.69) is 5.32 Å². The van der Waals surface area contributed by atoms with Crippen molar-refractivity contribution < 1.29 is 15.0 Å². The molecular formula is C8H15NO3. The van der Waals surface area contributed by atoms with Crippen molar-refractivity contribution in [3.8, 4) is 0 Å². The maximum atomic E-state index is 10.3. The fourth-order valence-corrected chi connectivity index (χ4v) is 1.66. The Bertz CT molecular complexity index is 152. The summed E-state index contributed by atoms with van der Waals surface area (Å²) in [7, 11) is 0. The molecule has 0 spiro atoms. The van der Waals surface area contributed by atoms with Crippen LogP contribution in [0.2, 0.25) is 0 Å². The number of carboxylic acid groups (broad SMARTS) is 1. The minimum Gasteiger partial charge on any atom is -0.465 e. The molecule has 0 saturated heterocycles. The van der Waals surface area contributed by atoms with Crippen LogP contribution >= 0.6 is 0 Å². The van der Waals surface area contributed by atoms with E-state index < -0.39 is 6.09 Å². The number of carbonyl (C=O) groups is 1. The second-order valence-electron chi connectivity index (χ2n) is 3.35. The number of hydrogen-bond acceptors (Lipinski definition) is 2. The predicted octanol–water partition coefficient (Wildman–Crippen LogP) is 0.805. The van der Waals surface area contributed by atoms with Crippen molar-refractivity contribution in [3.63, 3.8) is 0 Å². The van der Waals surface area contributed by atoms with Crippen LogP contribution in [-0.4, -0.2) is 29.0 Å². The van der Waals surface area contributed by atoms with Gasteiger partial charge in [-0.2, -0.15) is 0 Å². The van der Waals surface area contributed by atoms with Gasteiger partial charge in [-0.1, -0.05) is 0 Å². The zero-order valence-corrected chi connectivity index (χ0v) is 6.99. The third-order valence-corrected chi connectivity index (χ3v) is 2.43. The molecule has 1 rings (SSSR count). The summed E-state index contributed by atoms with van der Waals surface area (Å²) in [5.41, 5.74) is 0. The topological polar surface area (TPSA) is 69.6 Å². The molecule has 3 N–H and O–H groups in total. The Balaban J connectivity index is 2.21. The fourth-order valence-electron chi connectivity index (χ4n) is 1.66. The predicted molar refractivity (Wildman–Crippen MR) is 44.0 cm³/mol. The molecule has 0 unspecified atom stereocenters. The Kier molecular flexibility index (Phi) is 3.34. The van der Waals surface area contributed by atoms with Gasteiger partial charge in [-0.05, 0) is 31.6 Å². The molecule has 12 heavy (non-hydrogen) atoms. The van der Waals surface area contributed by atoms with Gasteiger partial charge in [-0.15, -0.1) is 0 Å². The van der Waals surface area contributed by atoms with Crippen molar-refractivity contribution in [3.05, 3.63) is 0 Å². The Morgan fingerprint density at radius 3 is 2.33 bits per heavy atom. The molecule has 70 valence electrons. The number of hydrogen-bond donors (Lipinski definition) is 3. The van der Waals surface area contributed by atoms with Crippen LogP contribution in [-0.2, 0) is 0 Å². The highest BCUT2D eigenvalue weighted by molar-refractivity contribution is 5.64. The maximum Gasteiger partial charge on any atom is 0.404 e. The summed E-state index contributed by atoms with van der Waals surface area (Å²) in [6, 6.07) is 0.102. The third kappa shape index (κ3) is 2.70. The molecule has 0 aromatic rings. The van der Waals surface area contributed by atoms with Crippen LogP contribution in [0.1, 0.15) is 25.7 Å². The SMILES string of the molecule is O=C(O)N[C@H]1CC[C@H](CO)CC1. The molecule has 1 aliphatic carbocycles. The lowest BCUT2D eigenvalue weighted by molar-refractivity contribution is 0.162. The number of rotatable bonds is 2. The van der Waals surface area contributed by atoms with Gasteiger partial charge in [-0.25, -0.2) is 4.79 Å². The summed E-state index contributed by atoms with van der Waals surface area (Å²) in [6.45, 7) is 0.236. The van der Waals surface area contributed by atoms with Crippen LogP contribution in [0, 0.1) is 5.92 Å².